The molecule has 0 unspecified atom stereocenters. The van der Waals surface area contributed by atoms with E-state index in [9.17, 15) is 0 Å². The minimum Gasteiger partial charge on any atom is -0.370 e. The van der Waals surface area contributed by atoms with Gasteiger partial charge in [-0.15, -0.1) is 0 Å². The summed E-state index contributed by atoms with van der Waals surface area (Å²) in [6.45, 7) is 0.405. The third kappa shape index (κ3) is 18.0. The summed E-state index contributed by atoms with van der Waals surface area (Å²) in [5, 5.41) is 2.75. The van der Waals surface area contributed by atoms with Crippen molar-refractivity contribution in [2.75, 3.05) is 13.7 Å². The van der Waals surface area contributed by atoms with Crippen molar-refractivity contribution in [2.45, 2.75) is 22.3 Å². The van der Waals surface area contributed by atoms with Crippen molar-refractivity contribution in [2.24, 2.45) is 27.2 Å². The zero-order valence-electron chi connectivity index (χ0n) is 5.83. The first-order valence-corrected chi connectivity index (χ1v) is 2.71. The molecule has 0 saturated heterocycles. The van der Waals surface area contributed by atoms with Crippen LogP contribution in [0.3, 0.4) is 0 Å². The molecule has 0 saturated carbocycles. The van der Waals surface area contributed by atoms with Crippen molar-refractivity contribution < 1.29 is 0 Å². The van der Waals surface area contributed by atoms with E-state index in [1.54, 1.807) is 7.05 Å². The number of hydrogen-bond donors (Lipinski definition) is 4. The maximum absolute atomic E-state index is 5.22. The average Bonchev–Trinajstić information content (AvgIpc) is 1.82. The Morgan fingerprint density at radius 1 is 1.15 bits per heavy atom. The summed E-state index contributed by atoms with van der Waals surface area (Å²) in [7, 11) is 1.74. The Kier molecular flexibility index (Phi) is 23.1. The minimum atomic E-state index is -0.0858. The summed E-state index contributed by atoms with van der Waals surface area (Å²) in [5.41, 5.74) is 15.2. The van der Waals surface area contributed by atoms with E-state index in [1.807, 2.05) is 0 Å². The second-order valence-corrected chi connectivity index (χ2v) is 1.56. The first-order valence-electron chi connectivity index (χ1n) is 2.71. The predicted octanol–water partition coefficient (Wildman–Crippen LogP) is -0.340. The summed E-state index contributed by atoms with van der Waals surface area (Å²) < 4.78 is 0. The van der Waals surface area contributed by atoms with Gasteiger partial charge in [0.05, 0.1) is 6.67 Å². The number of nitrogens with two attached hydrogens (primary N) is 3. The van der Waals surface area contributed by atoms with Gasteiger partial charge in [-0.2, -0.15) is 4.99 Å². The van der Waals surface area contributed by atoms with Crippen LogP contribution in [0.2, 0.25) is 0 Å². The van der Waals surface area contributed by atoms with E-state index in [1.165, 1.54) is 0 Å². The number of nitrogens with one attached hydrogen (secondary N) is 1. The molecule has 13 heavy (non-hydrogen) atoms. The van der Waals surface area contributed by atoms with Gasteiger partial charge in [0.25, 0.3) is 0 Å². The van der Waals surface area contributed by atoms with Gasteiger partial charge in [0, 0.05) is 0 Å². The van der Waals surface area contributed by atoms with Gasteiger partial charge < -0.3 is 22.5 Å². The van der Waals surface area contributed by atoms with Crippen LogP contribution >= 0.6 is 0 Å². The molecule has 0 bridgehead atoms. The van der Waals surface area contributed by atoms with Crippen molar-refractivity contribution in [1.29, 1.82) is 0 Å². The predicted molar refractivity (Wildman–Crippen MR) is 61.6 cm³/mol. The van der Waals surface area contributed by atoms with Gasteiger partial charge in [0.1, 0.15) is 0 Å². The third-order valence-electron chi connectivity index (χ3n) is 0.643. The second-order valence-electron chi connectivity index (χ2n) is 1.56. The number of nitrogens with zero attached hydrogens (tertiary/aromatic N) is 2. The van der Waals surface area contributed by atoms with Gasteiger partial charge in [-0.05, 0) is 7.05 Å². The lowest BCUT2D eigenvalue weighted by atomic mass is 10.9. The second kappa shape index (κ2) is 13.3. The van der Waals surface area contributed by atoms with Crippen LogP contribution in [-0.4, -0.2) is 25.6 Å². The fourth-order valence-corrected chi connectivity index (χ4v) is 0.328. The fourth-order valence-electron chi connectivity index (χ4n) is 0.328. The van der Waals surface area contributed by atoms with Crippen LogP contribution in [0, 0.1) is 0 Å². The largest absolute Gasteiger partial charge is 0.370 e. The molecule has 6 nitrogen and oxygen atoms in total. The topological polar surface area (TPSA) is 115 Å². The molecular formula is C7H24N6. The lowest BCUT2D eigenvalue weighted by molar-refractivity contribution is 0.831. The molecule has 0 aliphatic carbocycles. The number of hydrogen-bond acceptors (Lipinski definition) is 2. The molecule has 0 aromatic heterocycles. The Morgan fingerprint density at radius 2 is 1.62 bits per heavy atom. The SMILES string of the molecule is C.C.C.CNCN=C(N)N=C(N)N. The minimum absolute atomic E-state index is 0. The lowest BCUT2D eigenvalue weighted by Gasteiger charge is -1.93. The molecule has 0 fully saturated rings. The Hall–Kier alpha value is -1.30. The number of aliphatic imine (C=N–C) groups is 2. The summed E-state index contributed by atoms with van der Waals surface area (Å²) in [6, 6.07) is 0. The van der Waals surface area contributed by atoms with Gasteiger partial charge in [0.15, 0.2) is 5.96 Å². The van der Waals surface area contributed by atoms with Crippen LogP contribution in [-0.2, 0) is 0 Å². The molecule has 0 radical (unpaired) electrons. The molecule has 7 N–H and O–H groups in total. The first-order chi connectivity index (χ1) is 4.66. The molecule has 0 spiro atoms. The maximum Gasteiger partial charge on any atom is 0.219 e. The van der Waals surface area contributed by atoms with E-state index < -0.39 is 0 Å². The normalized spacial score (nSPS) is 8.54. The zero-order valence-corrected chi connectivity index (χ0v) is 5.83. The van der Waals surface area contributed by atoms with Gasteiger partial charge in [0.2, 0.25) is 5.96 Å². The van der Waals surface area contributed by atoms with Crippen LogP contribution in [0.15, 0.2) is 9.98 Å². The van der Waals surface area contributed by atoms with E-state index in [0.717, 1.165) is 0 Å². The highest BCUT2D eigenvalue weighted by Gasteiger charge is 1.84. The monoisotopic (exact) mass is 192 g/mol. The summed E-state index contributed by atoms with van der Waals surface area (Å²) in [6.07, 6.45) is 0. The summed E-state index contributed by atoms with van der Waals surface area (Å²) in [5.74, 6) is -0.00768. The van der Waals surface area contributed by atoms with Crippen LogP contribution in [0.25, 0.3) is 0 Å². The molecule has 0 aliphatic heterocycles. The molecule has 0 aromatic carbocycles. The van der Waals surface area contributed by atoms with E-state index >= 15 is 0 Å². The molecule has 0 aromatic rings. The highest BCUT2D eigenvalue weighted by molar-refractivity contribution is 5.92. The quantitative estimate of drug-likeness (QED) is 0.354. The molecule has 0 heterocycles. The summed E-state index contributed by atoms with van der Waals surface area (Å²) in [4.78, 5) is 7.19. The number of guanidine groups is 2. The maximum atomic E-state index is 5.22. The lowest BCUT2D eigenvalue weighted by Crippen LogP contribution is -2.27. The molecule has 82 valence electrons. The van der Waals surface area contributed by atoms with Gasteiger partial charge >= 0.3 is 0 Å². The Labute approximate surface area is 81.3 Å². The Bertz CT molecular complexity index is 147. The van der Waals surface area contributed by atoms with E-state index in [-0.39, 0.29) is 34.2 Å². The highest BCUT2D eigenvalue weighted by atomic mass is 15.1. The molecule has 0 rings (SSSR count). The molecule has 0 atom stereocenters. The van der Waals surface area contributed by atoms with Gasteiger partial charge in [-0.1, -0.05) is 22.3 Å². The zero-order chi connectivity index (χ0) is 7.98. The van der Waals surface area contributed by atoms with Crippen LogP contribution in [0.1, 0.15) is 22.3 Å². The van der Waals surface area contributed by atoms with E-state index in [4.69, 9.17) is 17.2 Å². The van der Waals surface area contributed by atoms with Crippen molar-refractivity contribution in [3.63, 3.8) is 0 Å². The van der Waals surface area contributed by atoms with E-state index in [2.05, 4.69) is 15.3 Å². The average molecular weight is 192 g/mol. The molecule has 0 aliphatic rings. The van der Waals surface area contributed by atoms with Crippen LogP contribution in [0.5, 0.6) is 0 Å². The first kappa shape index (κ1) is 22.6. The molecule has 0 amide bonds. The Morgan fingerprint density at radius 3 is 1.92 bits per heavy atom. The van der Waals surface area contributed by atoms with Crippen LogP contribution in [0.4, 0.5) is 0 Å². The van der Waals surface area contributed by atoms with Crippen LogP contribution < -0.4 is 22.5 Å². The smallest absolute Gasteiger partial charge is 0.219 e. The number of rotatable bonds is 2. The fraction of sp³-hybridized carbons (Fsp3) is 0.714. The van der Waals surface area contributed by atoms with Crippen molar-refractivity contribution in [1.82, 2.24) is 5.32 Å². The Balaban J connectivity index is -0.000000135. The standard InChI is InChI=1S/C4H12N6.3CH4/c1-8-2-9-4(7)10-3(5)6;;;/h8H,2H2,1H3,(H6,5,6,7,9,10);3*1H4. The van der Waals surface area contributed by atoms with Gasteiger partial charge in [-0.3, -0.25) is 0 Å². The molecular weight excluding hydrogens is 168 g/mol. The summed E-state index contributed by atoms with van der Waals surface area (Å²) >= 11 is 0. The highest BCUT2D eigenvalue weighted by Crippen LogP contribution is 1.68. The van der Waals surface area contributed by atoms with Crippen molar-refractivity contribution >= 4 is 11.9 Å². The van der Waals surface area contributed by atoms with Gasteiger partial charge in [-0.25, -0.2) is 4.99 Å². The van der Waals surface area contributed by atoms with Crippen molar-refractivity contribution in [3.8, 4) is 0 Å². The molecule has 6 heteroatoms. The van der Waals surface area contributed by atoms with Crippen molar-refractivity contribution in [3.05, 3.63) is 0 Å². The third-order valence-corrected chi connectivity index (χ3v) is 0.643. The van der Waals surface area contributed by atoms with E-state index in [0.29, 0.717) is 6.67 Å².